The average molecular weight is 154 g/mol. The summed E-state index contributed by atoms with van der Waals surface area (Å²) in [5.74, 6) is 0.916. The zero-order valence-corrected chi connectivity index (χ0v) is 7.44. The van der Waals surface area contributed by atoms with Crippen molar-refractivity contribution < 1.29 is 4.74 Å². The molecule has 0 radical (unpaired) electrons. The molecule has 1 spiro atoms. The van der Waals surface area contributed by atoms with Crippen molar-refractivity contribution in [3.8, 4) is 0 Å². The second-order valence-corrected chi connectivity index (χ2v) is 4.31. The van der Waals surface area contributed by atoms with Crippen LogP contribution in [0.2, 0.25) is 0 Å². The number of hydrogen-bond donors (Lipinski definition) is 0. The van der Waals surface area contributed by atoms with E-state index in [4.69, 9.17) is 4.74 Å². The quantitative estimate of drug-likeness (QED) is 0.521. The molecule has 0 N–H and O–H groups in total. The molecule has 0 amide bonds. The smallest absolute Gasteiger partial charge is 0.0524 e. The summed E-state index contributed by atoms with van der Waals surface area (Å²) in [5, 5.41) is 0. The van der Waals surface area contributed by atoms with Gasteiger partial charge in [0.2, 0.25) is 0 Å². The van der Waals surface area contributed by atoms with Gasteiger partial charge in [-0.15, -0.1) is 0 Å². The van der Waals surface area contributed by atoms with Gasteiger partial charge in [0.25, 0.3) is 0 Å². The van der Waals surface area contributed by atoms with Crippen molar-refractivity contribution in [3.05, 3.63) is 0 Å². The molecule has 0 bridgehead atoms. The first-order chi connectivity index (χ1) is 5.33. The zero-order chi connectivity index (χ0) is 7.73. The highest BCUT2D eigenvalue weighted by molar-refractivity contribution is 4.90. The summed E-state index contributed by atoms with van der Waals surface area (Å²) in [4.78, 5) is 0. The lowest BCUT2D eigenvalue weighted by atomic mass is 9.73. The Hall–Kier alpha value is -0.0400. The van der Waals surface area contributed by atoms with E-state index in [2.05, 4.69) is 6.92 Å². The first-order valence-electron chi connectivity index (χ1n) is 4.91. The molecule has 1 heteroatoms. The lowest BCUT2D eigenvalue weighted by molar-refractivity contribution is -0.0421. The molecule has 0 aromatic rings. The molecule has 2 fully saturated rings. The zero-order valence-electron chi connectivity index (χ0n) is 7.44. The second kappa shape index (κ2) is 2.78. The van der Waals surface area contributed by atoms with E-state index in [1.165, 1.54) is 32.1 Å². The molecule has 11 heavy (non-hydrogen) atoms. The minimum absolute atomic E-state index is 0.609. The molecule has 64 valence electrons. The molecular formula is C10H18O. The summed E-state index contributed by atoms with van der Waals surface area (Å²) in [6, 6.07) is 0. The number of hydrogen-bond acceptors (Lipinski definition) is 1. The SMILES string of the molecule is CC1CCOCC12CCCC2. The van der Waals surface area contributed by atoms with E-state index in [1.807, 2.05) is 0 Å². The monoisotopic (exact) mass is 154 g/mol. The van der Waals surface area contributed by atoms with Gasteiger partial charge in [0.15, 0.2) is 0 Å². The highest BCUT2D eigenvalue weighted by Gasteiger charge is 2.40. The Kier molecular flexibility index (Phi) is 1.92. The van der Waals surface area contributed by atoms with E-state index < -0.39 is 0 Å². The molecule has 1 nitrogen and oxygen atoms in total. The van der Waals surface area contributed by atoms with Crippen LogP contribution in [0.25, 0.3) is 0 Å². The minimum atomic E-state index is 0.609. The van der Waals surface area contributed by atoms with Crippen molar-refractivity contribution in [3.63, 3.8) is 0 Å². The number of ether oxygens (including phenoxy) is 1. The van der Waals surface area contributed by atoms with Crippen LogP contribution in [0.15, 0.2) is 0 Å². The number of rotatable bonds is 0. The van der Waals surface area contributed by atoms with E-state index >= 15 is 0 Å². The Labute approximate surface area is 69.1 Å². The Bertz CT molecular complexity index is 136. The Balaban J connectivity index is 2.07. The van der Waals surface area contributed by atoms with Gasteiger partial charge in [-0.05, 0) is 30.6 Å². The van der Waals surface area contributed by atoms with Gasteiger partial charge in [0.05, 0.1) is 6.61 Å². The summed E-state index contributed by atoms with van der Waals surface area (Å²) in [7, 11) is 0. The van der Waals surface area contributed by atoms with Crippen LogP contribution in [0.3, 0.4) is 0 Å². The van der Waals surface area contributed by atoms with Crippen LogP contribution < -0.4 is 0 Å². The predicted molar refractivity (Wildman–Crippen MR) is 45.5 cm³/mol. The van der Waals surface area contributed by atoms with Crippen LogP contribution in [0, 0.1) is 11.3 Å². The van der Waals surface area contributed by atoms with E-state index in [-0.39, 0.29) is 0 Å². The van der Waals surface area contributed by atoms with Gasteiger partial charge in [-0.1, -0.05) is 19.8 Å². The third-order valence-corrected chi connectivity index (χ3v) is 3.73. The largest absolute Gasteiger partial charge is 0.381 e. The van der Waals surface area contributed by atoms with Crippen LogP contribution in [0.4, 0.5) is 0 Å². The van der Waals surface area contributed by atoms with Gasteiger partial charge >= 0.3 is 0 Å². The highest BCUT2D eigenvalue weighted by Crippen LogP contribution is 2.47. The van der Waals surface area contributed by atoms with Crippen LogP contribution >= 0.6 is 0 Å². The van der Waals surface area contributed by atoms with Crippen molar-refractivity contribution in [2.24, 2.45) is 11.3 Å². The summed E-state index contributed by atoms with van der Waals surface area (Å²) < 4.78 is 5.58. The summed E-state index contributed by atoms with van der Waals surface area (Å²) >= 11 is 0. The molecule has 1 heterocycles. The highest BCUT2D eigenvalue weighted by atomic mass is 16.5. The van der Waals surface area contributed by atoms with Gasteiger partial charge in [-0.2, -0.15) is 0 Å². The Morgan fingerprint density at radius 3 is 2.64 bits per heavy atom. The van der Waals surface area contributed by atoms with Crippen molar-refractivity contribution in [2.75, 3.05) is 13.2 Å². The maximum Gasteiger partial charge on any atom is 0.0524 e. The van der Waals surface area contributed by atoms with Gasteiger partial charge in [0.1, 0.15) is 0 Å². The fourth-order valence-electron chi connectivity index (χ4n) is 2.70. The van der Waals surface area contributed by atoms with Crippen LogP contribution in [0.1, 0.15) is 39.0 Å². The van der Waals surface area contributed by atoms with E-state index in [9.17, 15) is 0 Å². The van der Waals surface area contributed by atoms with Crippen molar-refractivity contribution in [1.29, 1.82) is 0 Å². The Morgan fingerprint density at radius 1 is 1.27 bits per heavy atom. The van der Waals surface area contributed by atoms with Crippen LogP contribution in [0.5, 0.6) is 0 Å². The molecule has 2 rings (SSSR count). The lowest BCUT2D eigenvalue weighted by Crippen LogP contribution is -2.36. The molecule has 1 saturated heterocycles. The van der Waals surface area contributed by atoms with Crippen LogP contribution in [-0.2, 0) is 4.74 Å². The summed E-state index contributed by atoms with van der Waals surface area (Å²) in [6.07, 6.45) is 7.02. The molecule has 0 aromatic heterocycles. The fourth-order valence-corrected chi connectivity index (χ4v) is 2.70. The van der Waals surface area contributed by atoms with Gasteiger partial charge in [0, 0.05) is 6.61 Å². The van der Waals surface area contributed by atoms with Gasteiger partial charge < -0.3 is 4.74 Å². The van der Waals surface area contributed by atoms with Gasteiger partial charge in [-0.25, -0.2) is 0 Å². The van der Waals surface area contributed by atoms with Crippen molar-refractivity contribution >= 4 is 0 Å². The predicted octanol–water partition coefficient (Wildman–Crippen LogP) is 2.60. The van der Waals surface area contributed by atoms with Crippen LogP contribution in [-0.4, -0.2) is 13.2 Å². The van der Waals surface area contributed by atoms with E-state index in [0.717, 1.165) is 19.1 Å². The topological polar surface area (TPSA) is 9.23 Å². The maximum atomic E-state index is 5.58. The third kappa shape index (κ3) is 1.20. The first kappa shape index (κ1) is 7.60. The minimum Gasteiger partial charge on any atom is -0.381 e. The van der Waals surface area contributed by atoms with E-state index in [1.54, 1.807) is 0 Å². The molecule has 1 aliphatic heterocycles. The van der Waals surface area contributed by atoms with Crippen molar-refractivity contribution in [2.45, 2.75) is 39.0 Å². The summed E-state index contributed by atoms with van der Waals surface area (Å²) in [6.45, 7) is 4.46. The lowest BCUT2D eigenvalue weighted by Gasteiger charge is -2.39. The molecule has 1 unspecified atom stereocenters. The van der Waals surface area contributed by atoms with Crippen molar-refractivity contribution in [1.82, 2.24) is 0 Å². The first-order valence-corrected chi connectivity index (χ1v) is 4.91. The average Bonchev–Trinajstić information content (AvgIpc) is 2.46. The maximum absolute atomic E-state index is 5.58. The molecular weight excluding hydrogens is 136 g/mol. The van der Waals surface area contributed by atoms with E-state index in [0.29, 0.717) is 5.41 Å². The third-order valence-electron chi connectivity index (χ3n) is 3.73. The molecule has 2 aliphatic rings. The fraction of sp³-hybridized carbons (Fsp3) is 1.00. The molecule has 1 saturated carbocycles. The van der Waals surface area contributed by atoms with Gasteiger partial charge in [-0.3, -0.25) is 0 Å². The standard InChI is InChI=1S/C10H18O/c1-9-4-7-11-8-10(9)5-2-3-6-10/h9H,2-8H2,1H3. The Morgan fingerprint density at radius 2 is 2.00 bits per heavy atom. The second-order valence-electron chi connectivity index (χ2n) is 4.31. The summed E-state index contributed by atoms with van der Waals surface area (Å²) in [5.41, 5.74) is 0.609. The molecule has 1 aliphatic carbocycles. The molecule has 0 aromatic carbocycles. The molecule has 1 atom stereocenters. The normalized spacial score (nSPS) is 36.3.